The molecule has 0 aliphatic carbocycles. The molecule has 6 nitrogen and oxygen atoms in total. The smallest absolute Gasteiger partial charge is 0.205 e. The van der Waals surface area contributed by atoms with Crippen LogP contribution in [0.15, 0.2) is 11.5 Å². The van der Waals surface area contributed by atoms with Gasteiger partial charge in [0.15, 0.2) is 11.5 Å². The Labute approximate surface area is 139 Å². The van der Waals surface area contributed by atoms with Crippen LogP contribution in [-0.4, -0.2) is 54.6 Å². The zero-order valence-corrected chi connectivity index (χ0v) is 14.8. The third-order valence-corrected chi connectivity index (χ3v) is 3.53. The predicted octanol–water partition coefficient (Wildman–Crippen LogP) is 2.90. The summed E-state index contributed by atoms with van der Waals surface area (Å²) in [6.45, 7) is 8.79. The Balaban J connectivity index is 2.78. The lowest BCUT2D eigenvalue weighted by molar-refractivity contribution is -0.139. The topological polar surface area (TPSA) is 77.4 Å². The molecule has 0 bridgehead atoms. The quantitative estimate of drug-likeness (QED) is 0.447. The van der Waals surface area contributed by atoms with Gasteiger partial charge in [-0.3, -0.25) is 0 Å². The van der Waals surface area contributed by atoms with Gasteiger partial charge in [0.05, 0.1) is 13.2 Å². The fourth-order valence-corrected chi connectivity index (χ4v) is 2.26. The Hall–Kier alpha value is -0.820. The summed E-state index contributed by atoms with van der Waals surface area (Å²) < 4.78 is 22.5. The Kier molecular flexibility index (Phi) is 8.91. The molecule has 136 valence electrons. The van der Waals surface area contributed by atoms with Gasteiger partial charge in [-0.05, 0) is 12.8 Å². The van der Waals surface area contributed by atoms with Crippen LogP contribution in [-0.2, 0) is 18.9 Å². The molecule has 0 aromatic carbocycles. The van der Waals surface area contributed by atoms with Crippen LogP contribution in [0.1, 0.15) is 53.4 Å². The molecule has 0 spiro atoms. The van der Waals surface area contributed by atoms with Crippen molar-refractivity contribution in [2.75, 3.05) is 26.4 Å². The molecule has 1 fully saturated rings. The van der Waals surface area contributed by atoms with Crippen molar-refractivity contribution in [1.82, 2.24) is 0 Å². The van der Waals surface area contributed by atoms with Gasteiger partial charge in [-0.15, -0.1) is 0 Å². The molecular formula is C17H32O6. The van der Waals surface area contributed by atoms with Crippen molar-refractivity contribution in [3.63, 3.8) is 0 Å². The van der Waals surface area contributed by atoms with Crippen LogP contribution in [0.4, 0.5) is 0 Å². The molecule has 0 amide bonds. The van der Waals surface area contributed by atoms with Crippen LogP contribution < -0.4 is 0 Å². The van der Waals surface area contributed by atoms with Crippen LogP contribution in [0, 0.1) is 0 Å². The molecule has 0 aromatic heterocycles. The summed E-state index contributed by atoms with van der Waals surface area (Å²) in [5.74, 6) is -0.700. The van der Waals surface area contributed by atoms with E-state index in [0.29, 0.717) is 13.2 Å². The van der Waals surface area contributed by atoms with Gasteiger partial charge in [-0.2, -0.15) is 0 Å². The van der Waals surface area contributed by atoms with E-state index in [1.165, 1.54) is 0 Å². The van der Waals surface area contributed by atoms with Gasteiger partial charge in [0.2, 0.25) is 5.79 Å². The van der Waals surface area contributed by atoms with E-state index in [-0.39, 0.29) is 24.7 Å². The Bertz CT molecular complexity index is 366. The molecule has 1 aliphatic heterocycles. The summed E-state index contributed by atoms with van der Waals surface area (Å²) in [4.78, 5) is 0. The maximum absolute atomic E-state index is 10.6. The van der Waals surface area contributed by atoms with Gasteiger partial charge in [-0.25, -0.2) is 0 Å². The van der Waals surface area contributed by atoms with Gasteiger partial charge in [0.1, 0.15) is 12.2 Å². The highest BCUT2D eigenvalue weighted by molar-refractivity contribution is 5.14. The molecular weight excluding hydrogens is 300 g/mol. The first-order valence-electron chi connectivity index (χ1n) is 8.55. The zero-order chi connectivity index (χ0) is 17.3. The predicted molar refractivity (Wildman–Crippen MR) is 87.2 cm³/mol. The van der Waals surface area contributed by atoms with Gasteiger partial charge in [-0.1, -0.05) is 26.7 Å². The summed E-state index contributed by atoms with van der Waals surface area (Å²) >= 11 is 0. The second-order valence-electron chi connectivity index (χ2n) is 6.18. The lowest BCUT2D eigenvalue weighted by atomic mass is 10.2. The maximum Gasteiger partial charge on any atom is 0.205 e. The van der Waals surface area contributed by atoms with E-state index < -0.39 is 18.0 Å². The fraction of sp³-hybridized carbons (Fsp3) is 0.882. The van der Waals surface area contributed by atoms with Crippen molar-refractivity contribution < 1.29 is 29.2 Å². The summed E-state index contributed by atoms with van der Waals surface area (Å²) in [6.07, 6.45) is 2.63. The van der Waals surface area contributed by atoms with Crippen molar-refractivity contribution in [2.45, 2.75) is 71.4 Å². The van der Waals surface area contributed by atoms with Crippen LogP contribution >= 0.6 is 0 Å². The van der Waals surface area contributed by atoms with E-state index in [9.17, 15) is 10.2 Å². The number of unbranched alkanes of at least 4 members (excludes halogenated alkanes) is 2. The van der Waals surface area contributed by atoms with Crippen molar-refractivity contribution in [3.8, 4) is 0 Å². The average molecular weight is 332 g/mol. The largest absolute Gasteiger partial charge is 0.506 e. The molecule has 0 aromatic rings. The molecule has 1 aliphatic rings. The SMILES string of the molecule is CCCCOCC(OCCCC)/C(O)=C1\OC(C)(C)OC1CO. The number of aliphatic hydroxyl groups is 2. The van der Waals surface area contributed by atoms with E-state index in [1.54, 1.807) is 13.8 Å². The van der Waals surface area contributed by atoms with Crippen LogP contribution in [0.2, 0.25) is 0 Å². The van der Waals surface area contributed by atoms with Gasteiger partial charge in [0.25, 0.3) is 0 Å². The molecule has 1 heterocycles. The van der Waals surface area contributed by atoms with Gasteiger partial charge in [0, 0.05) is 27.1 Å². The standard InChI is InChI=1S/C17H32O6/c1-5-7-9-20-12-14(21-10-8-6-2)15(19)16-13(11-18)22-17(3,4)23-16/h13-14,18-19H,5-12H2,1-4H3/b16-15+. The second-order valence-corrected chi connectivity index (χ2v) is 6.18. The van der Waals surface area contributed by atoms with Crippen molar-refractivity contribution in [1.29, 1.82) is 0 Å². The third kappa shape index (κ3) is 6.67. The summed E-state index contributed by atoms with van der Waals surface area (Å²) in [6, 6.07) is 0. The maximum atomic E-state index is 10.6. The molecule has 0 radical (unpaired) electrons. The van der Waals surface area contributed by atoms with Crippen LogP contribution in [0.3, 0.4) is 0 Å². The fourth-order valence-electron chi connectivity index (χ4n) is 2.26. The highest BCUT2D eigenvalue weighted by atomic mass is 16.8. The first-order valence-corrected chi connectivity index (χ1v) is 8.55. The molecule has 6 heteroatoms. The summed E-state index contributed by atoms with van der Waals surface area (Å²) in [7, 11) is 0. The minimum atomic E-state index is -0.881. The average Bonchev–Trinajstić information content (AvgIpc) is 2.84. The third-order valence-electron chi connectivity index (χ3n) is 3.53. The lowest BCUT2D eigenvalue weighted by Gasteiger charge is -2.20. The second kappa shape index (κ2) is 10.1. The highest BCUT2D eigenvalue weighted by Crippen LogP contribution is 2.33. The zero-order valence-electron chi connectivity index (χ0n) is 14.8. The van der Waals surface area contributed by atoms with E-state index in [4.69, 9.17) is 18.9 Å². The number of rotatable bonds is 11. The first kappa shape index (κ1) is 20.2. The summed E-state index contributed by atoms with van der Waals surface area (Å²) in [5.41, 5.74) is 0. The molecule has 1 saturated heterocycles. The van der Waals surface area contributed by atoms with Crippen LogP contribution in [0.5, 0.6) is 0 Å². The van der Waals surface area contributed by atoms with Crippen molar-refractivity contribution in [3.05, 3.63) is 11.5 Å². The number of ether oxygens (including phenoxy) is 4. The number of aliphatic hydroxyl groups excluding tert-OH is 2. The molecule has 23 heavy (non-hydrogen) atoms. The molecule has 2 unspecified atom stereocenters. The number of hydrogen-bond acceptors (Lipinski definition) is 6. The Morgan fingerprint density at radius 3 is 2.48 bits per heavy atom. The Morgan fingerprint density at radius 1 is 1.22 bits per heavy atom. The molecule has 2 atom stereocenters. The van der Waals surface area contributed by atoms with Crippen molar-refractivity contribution >= 4 is 0 Å². The van der Waals surface area contributed by atoms with E-state index >= 15 is 0 Å². The summed E-state index contributed by atoms with van der Waals surface area (Å²) in [5, 5.41) is 20.0. The minimum absolute atomic E-state index is 0.0535. The van der Waals surface area contributed by atoms with E-state index in [2.05, 4.69) is 13.8 Å². The normalized spacial score (nSPS) is 23.6. The van der Waals surface area contributed by atoms with Crippen LogP contribution in [0.25, 0.3) is 0 Å². The number of hydrogen-bond donors (Lipinski definition) is 2. The molecule has 1 rings (SSSR count). The monoisotopic (exact) mass is 332 g/mol. The first-order chi connectivity index (χ1) is 10.9. The van der Waals surface area contributed by atoms with Gasteiger partial charge < -0.3 is 29.2 Å². The van der Waals surface area contributed by atoms with Crippen molar-refractivity contribution in [2.24, 2.45) is 0 Å². The van der Waals surface area contributed by atoms with E-state index in [0.717, 1.165) is 25.7 Å². The van der Waals surface area contributed by atoms with Gasteiger partial charge >= 0.3 is 0 Å². The Morgan fingerprint density at radius 2 is 1.87 bits per heavy atom. The van der Waals surface area contributed by atoms with E-state index in [1.807, 2.05) is 0 Å². The molecule has 0 saturated carbocycles. The lowest BCUT2D eigenvalue weighted by Crippen LogP contribution is -2.27. The minimum Gasteiger partial charge on any atom is -0.506 e. The molecule has 2 N–H and O–H groups in total. The highest BCUT2D eigenvalue weighted by Gasteiger charge is 2.41.